The van der Waals surface area contributed by atoms with Gasteiger partial charge in [0.25, 0.3) is 0 Å². The Bertz CT molecular complexity index is 1150. The molecular formula is C18H18ClNa2O7P. The van der Waals surface area contributed by atoms with Gasteiger partial charge in [-0.1, -0.05) is 66.2 Å². The van der Waals surface area contributed by atoms with E-state index >= 15 is 0 Å². The summed E-state index contributed by atoms with van der Waals surface area (Å²) in [6.45, 7) is 0. The van der Waals surface area contributed by atoms with Crippen molar-refractivity contribution >= 4 is 56.8 Å². The summed E-state index contributed by atoms with van der Waals surface area (Å²) < 4.78 is 11.6. The molecule has 0 spiro atoms. The monoisotopic (exact) mass is 458 g/mol. The van der Waals surface area contributed by atoms with Gasteiger partial charge in [-0.2, -0.15) is 0 Å². The van der Waals surface area contributed by atoms with Crippen LogP contribution >= 0.6 is 19.2 Å². The smallest absolute Gasteiger partial charge is 0.807 e. The Morgan fingerprint density at radius 2 is 1.07 bits per heavy atom. The van der Waals surface area contributed by atoms with Crippen LogP contribution in [-0.2, 0) is 4.57 Å². The molecule has 4 aromatic rings. The third-order valence-corrected chi connectivity index (χ3v) is 5.60. The van der Waals surface area contributed by atoms with Crippen molar-refractivity contribution in [1.29, 1.82) is 0 Å². The Kier molecular flexibility index (Phi) is 14.7. The van der Waals surface area contributed by atoms with Crippen LogP contribution in [0, 0.1) is 0 Å². The van der Waals surface area contributed by atoms with E-state index in [2.05, 4.69) is 0 Å². The molecule has 0 aliphatic heterocycles. The molecule has 0 bridgehead atoms. The zero-order valence-electron chi connectivity index (χ0n) is 15.8. The van der Waals surface area contributed by atoms with E-state index in [1.165, 1.54) is 6.07 Å². The molecular weight excluding hydrogens is 441 g/mol. The van der Waals surface area contributed by atoms with Crippen LogP contribution in [0.2, 0.25) is 5.02 Å². The molecule has 7 nitrogen and oxygen atoms in total. The molecule has 0 atom stereocenters. The summed E-state index contributed by atoms with van der Waals surface area (Å²) in [4.78, 5) is 23.2. The zero-order chi connectivity index (χ0) is 16.2. The van der Waals surface area contributed by atoms with E-state index in [1.54, 1.807) is 12.1 Å². The van der Waals surface area contributed by atoms with Crippen molar-refractivity contribution in [2.75, 3.05) is 0 Å². The van der Waals surface area contributed by atoms with Crippen molar-refractivity contribution in [3.8, 4) is 0 Å². The summed E-state index contributed by atoms with van der Waals surface area (Å²) >= 11 is 5.96. The molecule has 0 saturated heterocycles. The van der Waals surface area contributed by atoms with Gasteiger partial charge in [0.15, 0.2) is 0 Å². The van der Waals surface area contributed by atoms with Gasteiger partial charge in [-0.15, -0.1) is 0 Å². The van der Waals surface area contributed by atoms with E-state index in [4.69, 9.17) is 11.6 Å². The first-order valence-corrected chi connectivity index (χ1v) is 8.94. The van der Waals surface area contributed by atoms with Crippen LogP contribution in [0.3, 0.4) is 0 Å². The second-order valence-corrected chi connectivity index (χ2v) is 7.29. The number of fused-ring (bicyclic) bond motifs is 5. The van der Waals surface area contributed by atoms with E-state index in [0.717, 1.165) is 21.5 Å². The predicted octanol–water partition coefficient (Wildman–Crippen LogP) is -5.95. The number of hydrogen-bond acceptors (Lipinski definition) is 3. The van der Waals surface area contributed by atoms with Crippen molar-refractivity contribution in [3.63, 3.8) is 0 Å². The molecule has 4 rings (SSSR count). The maximum absolute atomic E-state index is 11.6. The SMILES string of the molecule is O.O.O.O.O=P([O-])([O-])c1c(Cl)ccc2c1ccc1c3ccccc3ccc21.[Na+].[Na+]. The number of rotatable bonds is 1. The van der Waals surface area contributed by atoms with Gasteiger partial charge < -0.3 is 36.3 Å². The molecule has 0 aromatic heterocycles. The van der Waals surface area contributed by atoms with Crippen LogP contribution < -0.4 is 74.2 Å². The molecule has 29 heavy (non-hydrogen) atoms. The molecule has 0 radical (unpaired) electrons. The first kappa shape index (κ1) is 33.6. The van der Waals surface area contributed by atoms with E-state index in [9.17, 15) is 14.4 Å². The Balaban J connectivity index is -0.00000113. The van der Waals surface area contributed by atoms with Crippen molar-refractivity contribution in [2.45, 2.75) is 0 Å². The summed E-state index contributed by atoms with van der Waals surface area (Å²) in [7, 11) is -4.96. The fraction of sp³-hybridized carbons (Fsp3) is 0. The third-order valence-electron chi connectivity index (χ3n) is 4.12. The quantitative estimate of drug-likeness (QED) is 0.156. The Labute approximate surface area is 216 Å². The summed E-state index contributed by atoms with van der Waals surface area (Å²) in [5.41, 5.74) is 0. The molecule has 4 aromatic carbocycles. The number of hydrogen-bond donors (Lipinski definition) is 0. The average Bonchev–Trinajstić information content (AvgIpc) is 2.52. The minimum Gasteiger partial charge on any atom is -0.807 e. The molecule has 0 amide bonds. The largest absolute Gasteiger partial charge is 1.00 e. The minimum absolute atomic E-state index is 0. The second-order valence-electron chi connectivity index (χ2n) is 5.44. The predicted molar refractivity (Wildman–Crippen MR) is 106 cm³/mol. The number of benzene rings is 4. The van der Waals surface area contributed by atoms with E-state index in [1.807, 2.05) is 42.5 Å². The first-order valence-electron chi connectivity index (χ1n) is 7.02. The van der Waals surface area contributed by atoms with Crippen LogP contribution in [0.15, 0.2) is 60.7 Å². The van der Waals surface area contributed by atoms with Crippen LogP contribution in [0.1, 0.15) is 0 Å². The van der Waals surface area contributed by atoms with Crippen LogP contribution in [0.4, 0.5) is 0 Å². The van der Waals surface area contributed by atoms with E-state index in [-0.39, 0.29) is 91.3 Å². The first-order chi connectivity index (χ1) is 11.0. The molecule has 0 saturated carbocycles. The Morgan fingerprint density at radius 1 is 0.621 bits per heavy atom. The average molecular weight is 459 g/mol. The van der Waals surface area contributed by atoms with Gasteiger partial charge in [0.05, 0.1) is 0 Å². The maximum atomic E-state index is 11.6. The van der Waals surface area contributed by atoms with Crippen molar-refractivity contribution in [1.82, 2.24) is 0 Å². The molecule has 0 aliphatic rings. The van der Waals surface area contributed by atoms with Crippen LogP contribution in [-0.4, -0.2) is 21.9 Å². The van der Waals surface area contributed by atoms with Crippen molar-refractivity contribution in [3.05, 3.63) is 65.7 Å². The number of halogens is 1. The fourth-order valence-electron chi connectivity index (χ4n) is 3.14. The van der Waals surface area contributed by atoms with Crippen LogP contribution in [0.25, 0.3) is 32.3 Å². The van der Waals surface area contributed by atoms with Crippen molar-refractivity contribution < 1.29 is 95.4 Å². The van der Waals surface area contributed by atoms with Gasteiger partial charge in [-0.25, -0.2) is 0 Å². The Hall–Kier alpha value is -0.0600. The van der Waals surface area contributed by atoms with Crippen molar-refractivity contribution in [2.24, 2.45) is 0 Å². The van der Waals surface area contributed by atoms with Gasteiger partial charge in [0.2, 0.25) is 0 Å². The van der Waals surface area contributed by atoms with Gasteiger partial charge in [-0.3, -0.25) is 0 Å². The molecule has 0 aliphatic carbocycles. The summed E-state index contributed by atoms with van der Waals surface area (Å²) in [6, 6.07) is 18.6. The molecule has 11 heteroatoms. The van der Waals surface area contributed by atoms with Crippen LogP contribution in [0.5, 0.6) is 0 Å². The zero-order valence-corrected chi connectivity index (χ0v) is 21.5. The van der Waals surface area contributed by atoms with E-state index in [0.29, 0.717) is 10.8 Å². The topological polar surface area (TPSA) is 189 Å². The maximum Gasteiger partial charge on any atom is 1.00 e. The van der Waals surface area contributed by atoms with Gasteiger partial charge >= 0.3 is 59.1 Å². The second kappa shape index (κ2) is 12.7. The normalized spacial score (nSPS) is 9.76. The minimum atomic E-state index is -4.96. The van der Waals surface area contributed by atoms with Gasteiger partial charge in [0.1, 0.15) is 0 Å². The standard InChI is InChI=1S/C18H12ClO3P.2Na.4H2O/c19-17-10-9-15-14-6-5-11-3-1-2-4-12(11)13(14)7-8-16(15)18(17)23(20,21)22;;;;;;/h1-10H,(H2,20,21,22);;;4*1H2/q;2*+1;;;;/p-2. The molecule has 0 unspecified atom stereocenters. The summed E-state index contributed by atoms with van der Waals surface area (Å²) in [5, 5.41) is 4.80. The fourth-order valence-corrected chi connectivity index (χ4v) is 4.44. The molecule has 8 N–H and O–H groups in total. The Morgan fingerprint density at radius 3 is 1.69 bits per heavy atom. The van der Waals surface area contributed by atoms with Gasteiger partial charge in [0, 0.05) is 10.3 Å². The molecule has 0 heterocycles. The van der Waals surface area contributed by atoms with E-state index < -0.39 is 7.60 Å². The third kappa shape index (κ3) is 6.01. The summed E-state index contributed by atoms with van der Waals surface area (Å²) in [5.74, 6) is 0. The molecule has 146 valence electrons. The summed E-state index contributed by atoms with van der Waals surface area (Å²) in [6.07, 6.45) is 0. The van der Waals surface area contributed by atoms with Gasteiger partial charge in [-0.05, 0) is 46.0 Å². The molecule has 0 fully saturated rings.